The molecule has 0 aromatic heterocycles. The van der Waals surface area contributed by atoms with E-state index in [2.05, 4.69) is 15.9 Å². The van der Waals surface area contributed by atoms with Gasteiger partial charge < -0.3 is 15.4 Å². The first kappa shape index (κ1) is 15.9. The third-order valence-corrected chi connectivity index (χ3v) is 4.69. The summed E-state index contributed by atoms with van der Waals surface area (Å²) < 4.78 is 6.47. The Morgan fingerprint density at radius 2 is 2.13 bits per heavy atom. The van der Waals surface area contributed by atoms with Crippen molar-refractivity contribution in [3.05, 3.63) is 58.1 Å². The van der Waals surface area contributed by atoms with Crippen LogP contribution in [-0.4, -0.2) is 24.5 Å². The molecule has 120 valence electrons. The monoisotopic (exact) mass is 374 g/mol. The molecule has 1 aliphatic rings. The smallest absolute Gasteiger partial charge is 0.254 e. The Labute approximate surface area is 144 Å². The molecule has 5 heteroatoms. The lowest BCUT2D eigenvalue weighted by Gasteiger charge is -2.26. The molecule has 2 N–H and O–H groups in total. The molecule has 23 heavy (non-hydrogen) atoms. The minimum Gasteiger partial charge on any atom is -0.496 e. The van der Waals surface area contributed by atoms with Gasteiger partial charge in [0.15, 0.2) is 0 Å². The van der Waals surface area contributed by atoms with E-state index < -0.39 is 0 Å². The Balaban J connectivity index is 1.94. The van der Waals surface area contributed by atoms with Gasteiger partial charge in [0.25, 0.3) is 5.91 Å². The van der Waals surface area contributed by atoms with Crippen molar-refractivity contribution in [1.82, 2.24) is 4.90 Å². The second kappa shape index (κ2) is 6.62. The van der Waals surface area contributed by atoms with Crippen LogP contribution < -0.4 is 10.5 Å². The summed E-state index contributed by atoms with van der Waals surface area (Å²) in [6, 6.07) is 13.1. The van der Waals surface area contributed by atoms with Crippen molar-refractivity contribution in [2.24, 2.45) is 0 Å². The van der Waals surface area contributed by atoms with E-state index in [9.17, 15) is 4.79 Å². The van der Waals surface area contributed by atoms with Gasteiger partial charge in [0, 0.05) is 27.8 Å². The van der Waals surface area contributed by atoms with E-state index in [1.807, 2.05) is 35.2 Å². The SMILES string of the molecule is COc1ccc(Br)cc1C1CCCN1C(=O)c1cccc(N)c1. The van der Waals surface area contributed by atoms with Crippen molar-refractivity contribution in [1.29, 1.82) is 0 Å². The van der Waals surface area contributed by atoms with E-state index >= 15 is 0 Å². The number of nitrogen functional groups attached to an aromatic ring is 1. The summed E-state index contributed by atoms with van der Waals surface area (Å²) in [5, 5.41) is 0. The highest BCUT2D eigenvalue weighted by molar-refractivity contribution is 9.10. The van der Waals surface area contributed by atoms with Gasteiger partial charge in [-0.1, -0.05) is 22.0 Å². The van der Waals surface area contributed by atoms with Crippen LogP contribution in [0.2, 0.25) is 0 Å². The van der Waals surface area contributed by atoms with Gasteiger partial charge in [-0.15, -0.1) is 0 Å². The number of benzene rings is 2. The van der Waals surface area contributed by atoms with Crippen LogP contribution in [0.5, 0.6) is 5.75 Å². The first-order valence-corrected chi connectivity index (χ1v) is 8.39. The second-order valence-corrected chi connectivity index (χ2v) is 6.58. The average molecular weight is 375 g/mol. The molecular formula is C18H19BrN2O2. The summed E-state index contributed by atoms with van der Waals surface area (Å²) in [5.74, 6) is 0.826. The highest BCUT2D eigenvalue weighted by Crippen LogP contribution is 2.39. The number of amides is 1. The van der Waals surface area contributed by atoms with Crippen molar-refractivity contribution in [2.75, 3.05) is 19.4 Å². The number of carbonyl (C=O) groups excluding carboxylic acids is 1. The number of rotatable bonds is 3. The highest BCUT2D eigenvalue weighted by Gasteiger charge is 2.32. The number of halogens is 1. The van der Waals surface area contributed by atoms with Crippen LogP contribution >= 0.6 is 15.9 Å². The van der Waals surface area contributed by atoms with Crippen molar-refractivity contribution < 1.29 is 9.53 Å². The van der Waals surface area contributed by atoms with Crippen LogP contribution in [0.25, 0.3) is 0 Å². The van der Waals surface area contributed by atoms with E-state index in [1.165, 1.54) is 0 Å². The van der Waals surface area contributed by atoms with Gasteiger partial charge in [-0.3, -0.25) is 4.79 Å². The van der Waals surface area contributed by atoms with Crippen LogP contribution in [0.15, 0.2) is 46.9 Å². The molecule has 1 fully saturated rings. The summed E-state index contributed by atoms with van der Waals surface area (Å²) in [4.78, 5) is 14.8. The minimum atomic E-state index is 0.0156. The van der Waals surface area contributed by atoms with Gasteiger partial charge in [0.1, 0.15) is 5.75 Å². The molecule has 0 aliphatic carbocycles. The molecule has 4 nitrogen and oxygen atoms in total. The quantitative estimate of drug-likeness (QED) is 0.825. The van der Waals surface area contributed by atoms with Gasteiger partial charge in [0.05, 0.1) is 13.2 Å². The molecule has 1 unspecified atom stereocenters. The van der Waals surface area contributed by atoms with Crippen LogP contribution in [0.3, 0.4) is 0 Å². The predicted octanol–water partition coefficient (Wildman–Crippen LogP) is 4.02. The summed E-state index contributed by atoms with van der Waals surface area (Å²) in [7, 11) is 1.66. The molecule has 0 spiro atoms. The number of hydrogen-bond acceptors (Lipinski definition) is 3. The number of nitrogens with zero attached hydrogens (tertiary/aromatic N) is 1. The number of nitrogens with two attached hydrogens (primary N) is 1. The zero-order valence-corrected chi connectivity index (χ0v) is 14.5. The van der Waals surface area contributed by atoms with Crippen LogP contribution in [-0.2, 0) is 0 Å². The number of likely N-dealkylation sites (tertiary alicyclic amines) is 1. The maximum atomic E-state index is 12.9. The summed E-state index contributed by atoms with van der Waals surface area (Å²) in [5.41, 5.74) is 8.08. The van der Waals surface area contributed by atoms with Gasteiger partial charge >= 0.3 is 0 Å². The number of carbonyl (C=O) groups is 1. The lowest BCUT2D eigenvalue weighted by molar-refractivity contribution is 0.0734. The molecule has 1 saturated heterocycles. The number of anilines is 1. The minimum absolute atomic E-state index is 0.0156. The highest BCUT2D eigenvalue weighted by atomic mass is 79.9. The van der Waals surface area contributed by atoms with Gasteiger partial charge in [-0.05, 0) is 49.2 Å². The predicted molar refractivity (Wildman–Crippen MR) is 94.6 cm³/mol. The molecule has 1 atom stereocenters. The van der Waals surface area contributed by atoms with Gasteiger partial charge in [-0.2, -0.15) is 0 Å². The largest absolute Gasteiger partial charge is 0.496 e. The van der Waals surface area contributed by atoms with Crippen molar-refractivity contribution in [2.45, 2.75) is 18.9 Å². The molecule has 0 radical (unpaired) electrons. The lowest BCUT2D eigenvalue weighted by Crippen LogP contribution is -2.30. The fraction of sp³-hybridized carbons (Fsp3) is 0.278. The van der Waals surface area contributed by atoms with E-state index in [-0.39, 0.29) is 11.9 Å². The lowest BCUT2D eigenvalue weighted by atomic mass is 10.0. The van der Waals surface area contributed by atoms with E-state index in [0.29, 0.717) is 11.3 Å². The van der Waals surface area contributed by atoms with E-state index in [1.54, 1.807) is 19.2 Å². The Hall–Kier alpha value is -2.01. The van der Waals surface area contributed by atoms with Crippen molar-refractivity contribution >= 4 is 27.5 Å². The maximum Gasteiger partial charge on any atom is 0.254 e. The number of methoxy groups -OCH3 is 1. The standard InChI is InChI=1S/C18H19BrN2O2/c1-23-17-8-7-13(19)11-15(17)16-6-3-9-21(16)18(22)12-4-2-5-14(20)10-12/h2,4-5,7-8,10-11,16H,3,6,9,20H2,1H3. The molecule has 1 amide bonds. The normalized spacial score (nSPS) is 17.3. The molecular weight excluding hydrogens is 356 g/mol. The molecule has 2 aromatic rings. The first-order valence-electron chi connectivity index (χ1n) is 7.60. The molecule has 0 saturated carbocycles. The third kappa shape index (κ3) is 3.20. The zero-order chi connectivity index (χ0) is 16.4. The first-order chi connectivity index (χ1) is 11.1. The van der Waals surface area contributed by atoms with Crippen molar-refractivity contribution in [3.8, 4) is 5.75 Å². The Kier molecular flexibility index (Phi) is 4.57. The van der Waals surface area contributed by atoms with Crippen LogP contribution in [0.1, 0.15) is 34.8 Å². The molecule has 1 heterocycles. The number of ether oxygens (including phenoxy) is 1. The molecule has 0 bridgehead atoms. The Morgan fingerprint density at radius 3 is 2.87 bits per heavy atom. The topological polar surface area (TPSA) is 55.6 Å². The third-order valence-electron chi connectivity index (χ3n) is 4.20. The van der Waals surface area contributed by atoms with Gasteiger partial charge in [0.2, 0.25) is 0 Å². The fourth-order valence-corrected chi connectivity index (χ4v) is 3.52. The Bertz CT molecular complexity index is 733. The zero-order valence-electron chi connectivity index (χ0n) is 13.0. The maximum absolute atomic E-state index is 12.9. The second-order valence-electron chi connectivity index (χ2n) is 5.67. The summed E-state index contributed by atoms with van der Waals surface area (Å²) in [6.45, 7) is 0.744. The molecule has 3 rings (SSSR count). The summed E-state index contributed by atoms with van der Waals surface area (Å²) in [6.07, 6.45) is 1.91. The molecule has 1 aliphatic heterocycles. The van der Waals surface area contributed by atoms with Crippen LogP contribution in [0, 0.1) is 0 Å². The summed E-state index contributed by atoms with van der Waals surface area (Å²) >= 11 is 3.51. The van der Waals surface area contributed by atoms with E-state index in [4.69, 9.17) is 10.5 Å². The van der Waals surface area contributed by atoms with Gasteiger partial charge in [-0.25, -0.2) is 0 Å². The van der Waals surface area contributed by atoms with Crippen molar-refractivity contribution in [3.63, 3.8) is 0 Å². The van der Waals surface area contributed by atoms with Crippen LogP contribution in [0.4, 0.5) is 5.69 Å². The Morgan fingerprint density at radius 1 is 1.30 bits per heavy atom. The molecule has 2 aromatic carbocycles. The average Bonchev–Trinajstić information content (AvgIpc) is 3.03. The number of hydrogen-bond donors (Lipinski definition) is 1. The fourth-order valence-electron chi connectivity index (χ4n) is 3.14. The van der Waals surface area contributed by atoms with E-state index in [0.717, 1.165) is 35.2 Å².